The van der Waals surface area contributed by atoms with E-state index >= 15 is 0 Å². The number of hydrogen-bond acceptors (Lipinski definition) is 3. The fraction of sp³-hybridized carbons (Fsp3) is 0.579. The Morgan fingerprint density at radius 2 is 2.08 bits per heavy atom. The molecule has 2 amide bonds. The topological polar surface area (TPSA) is 58.6 Å². The SMILES string of the molecule is COC(=O)NCCCC(=O)N1C[C@@H]2CCCC[C@]21c1ccccc1. The van der Waals surface area contributed by atoms with Crippen LogP contribution in [0.15, 0.2) is 30.3 Å². The summed E-state index contributed by atoms with van der Waals surface area (Å²) in [6.45, 7) is 1.34. The first-order valence-electron chi connectivity index (χ1n) is 8.86. The van der Waals surface area contributed by atoms with Crippen molar-refractivity contribution in [3.63, 3.8) is 0 Å². The summed E-state index contributed by atoms with van der Waals surface area (Å²) < 4.78 is 4.54. The monoisotopic (exact) mass is 330 g/mol. The molecule has 5 heteroatoms. The summed E-state index contributed by atoms with van der Waals surface area (Å²) in [6, 6.07) is 10.5. The minimum atomic E-state index is -0.445. The Bertz CT molecular complexity index is 590. The van der Waals surface area contributed by atoms with Gasteiger partial charge in [-0.05, 0) is 24.8 Å². The van der Waals surface area contributed by atoms with Crippen molar-refractivity contribution in [2.24, 2.45) is 5.92 Å². The molecule has 0 spiro atoms. The van der Waals surface area contributed by atoms with Crippen LogP contribution in [0.5, 0.6) is 0 Å². The molecule has 2 aliphatic rings. The molecule has 1 saturated heterocycles. The molecule has 1 heterocycles. The zero-order valence-corrected chi connectivity index (χ0v) is 14.3. The van der Waals surface area contributed by atoms with Crippen LogP contribution in [0.25, 0.3) is 0 Å². The van der Waals surface area contributed by atoms with Crippen LogP contribution in [0, 0.1) is 5.92 Å². The maximum absolute atomic E-state index is 12.8. The van der Waals surface area contributed by atoms with Crippen LogP contribution >= 0.6 is 0 Å². The smallest absolute Gasteiger partial charge is 0.406 e. The normalized spacial score (nSPS) is 25.4. The number of rotatable bonds is 5. The highest BCUT2D eigenvalue weighted by Crippen LogP contribution is 2.53. The molecule has 130 valence electrons. The number of likely N-dealkylation sites (tertiary alicyclic amines) is 1. The minimum absolute atomic E-state index is 0.0909. The predicted octanol–water partition coefficient (Wildman–Crippen LogP) is 3.05. The summed E-state index contributed by atoms with van der Waals surface area (Å²) in [7, 11) is 1.34. The van der Waals surface area contributed by atoms with Crippen molar-refractivity contribution >= 4 is 12.0 Å². The molecule has 0 radical (unpaired) electrons. The molecule has 0 bridgehead atoms. The second-order valence-electron chi connectivity index (χ2n) is 6.76. The number of hydrogen-bond donors (Lipinski definition) is 1. The van der Waals surface area contributed by atoms with Gasteiger partial charge in [-0.2, -0.15) is 0 Å². The lowest BCUT2D eigenvalue weighted by molar-refractivity contribution is -0.166. The Balaban J connectivity index is 1.64. The molecule has 1 aromatic rings. The number of benzene rings is 1. The summed E-state index contributed by atoms with van der Waals surface area (Å²) in [6.07, 6.45) is 5.38. The lowest BCUT2D eigenvalue weighted by atomic mass is 9.61. The van der Waals surface area contributed by atoms with Gasteiger partial charge in [-0.1, -0.05) is 43.2 Å². The second kappa shape index (κ2) is 7.24. The van der Waals surface area contributed by atoms with E-state index in [1.54, 1.807) is 0 Å². The number of methoxy groups -OCH3 is 1. The maximum Gasteiger partial charge on any atom is 0.406 e. The highest BCUT2D eigenvalue weighted by Gasteiger charge is 2.56. The molecule has 0 unspecified atom stereocenters. The van der Waals surface area contributed by atoms with Gasteiger partial charge >= 0.3 is 6.09 Å². The van der Waals surface area contributed by atoms with Gasteiger partial charge in [-0.25, -0.2) is 4.79 Å². The van der Waals surface area contributed by atoms with Gasteiger partial charge in [0, 0.05) is 25.4 Å². The van der Waals surface area contributed by atoms with Crippen molar-refractivity contribution in [1.29, 1.82) is 0 Å². The van der Waals surface area contributed by atoms with Crippen molar-refractivity contribution in [1.82, 2.24) is 10.2 Å². The highest BCUT2D eigenvalue weighted by molar-refractivity contribution is 5.79. The number of carbonyl (C=O) groups excluding carboxylic acids is 2. The van der Waals surface area contributed by atoms with Crippen LogP contribution in [0.3, 0.4) is 0 Å². The first kappa shape index (κ1) is 16.8. The largest absolute Gasteiger partial charge is 0.453 e. The van der Waals surface area contributed by atoms with Crippen LogP contribution in [-0.4, -0.2) is 37.1 Å². The second-order valence-corrected chi connectivity index (χ2v) is 6.76. The van der Waals surface area contributed by atoms with Gasteiger partial charge in [0.2, 0.25) is 5.91 Å². The zero-order chi connectivity index (χ0) is 17.0. The van der Waals surface area contributed by atoms with E-state index in [0.717, 1.165) is 13.0 Å². The van der Waals surface area contributed by atoms with E-state index in [1.807, 2.05) is 6.07 Å². The van der Waals surface area contributed by atoms with E-state index in [1.165, 1.54) is 31.9 Å². The third-order valence-corrected chi connectivity index (χ3v) is 5.52. The van der Waals surface area contributed by atoms with Crippen LogP contribution in [0.2, 0.25) is 0 Å². The molecular weight excluding hydrogens is 304 g/mol. The van der Waals surface area contributed by atoms with Crippen LogP contribution in [0.1, 0.15) is 44.1 Å². The minimum Gasteiger partial charge on any atom is -0.453 e. The standard InChI is InChI=1S/C19H26N2O3/c1-24-18(23)20-13-7-11-17(22)21-14-16-10-5-6-12-19(16,21)15-8-3-2-4-9-15/h2-4,8-9,16H,5-7,10-14H2,1H3,(H,20,23)/t16-,19-/m0/s1. The molecule has 5 nitrogen and oxygen atoms in total. The maximum atomic E-state index is 12.8. The Hall–Kier alpha value is -2.04. The van der Waals surface area contributed by atoms with Gasteiger partial charge in [-0.15, -0.1) is 0 Å². The van der Waals surface area contributed by atoms with Gasteiger partial charge in [0.15, 0.2) is 0 Å². The Labute approximate surface area is 143 Å². The van der Waals surface area contributed by atoms with E-state index < -0.39 is 6.09 Å². The molecule has 2 atom stereocenters. The first-order valence-corrected chi connectivity index (χ1v) is 8.86. The number of fused-ring (bicyclic) bond motifs is 1. The van der Waals surface area contributed by atoms with Crippen molar-refractivity contribution in [3.05, 3.63) is 35.9 Å². The van der Waals surface area contributed by atoms with E-state index in [0.29, 0.717) is 25.3 Å². The molecular formula is C19H26N2O3. The van der Waals surface area contributed by atoms with Gasteiger partial charge < -0.3 is 15.0 Å². The molecule has 0 aromatic heterocycles. The molecule has 3 rings (SSSR count). The summed E-state index contributed by atoms with van der Waals surface area (Å²) in [5, 5.41) is 2.63. The highest BCUT2D eigenvalue weighted by atomic mass is 16.5. The van der Waals surface area contributed by atoms with Gasteiger partial charge in [0.25, 0.3) is 0 Å². The van der Waals surface area contributed by atoms with Crippen LogP contribution in [0.4, 0.5) is 4.79 Å². The Kier molecular flexibility index (Phi) is 5.07. The first-order chi connectivity index (χ1) is 11.7. The summed E-state index contributed by atoms with van der Waals surface area (Å²) in [4.78, 5) is 25.9. The molecule has 2 fully saturated rings. The lowest BCUT2D eigenvalue weighted by Gasteiger charge is -2.61. The van der Waals surface area contributed by atoms with E-state index in [2.05, 4.69) is 39.2 Å². The molecule has 1 N–H and O–H groups in total. The van der Waals surface area contributed by atoms with E-state index in [4.69, 9.17) is 0 Å². The predicted molar refractivity (Wildman–Crippen MR) is 91.4 cm³/mol. The molecule has 24 heavy (non-hydrogen) atoms. The molecule has 1 aromatic carbocycles. The quantitative estimate of drug-likeness (QED) is 0.844. The number of carbonyl (C=O) groups is 2. The van der Waals surface area contributed by atoms with Crippen molar-refractivity contribution in [2.45, 2.75) is 44.1 Å². The molecule has 1 saturated carbocycles. The molecule has 1 aliphatic heterocycles. The average molecular weight is 330 g/mol. The zero-order valence-electron chi connectivity index (χ0n) is 14.3. The number of nitrogens with zero attached hydrogens (tertiary/aromatic N) is 1. The van der Waals surface area contributed by atoms with Gasteiger partial charge in [-0.3, -0.25) is 4.79 Å². The van der Waals surface area contributed by atoms with Gasteiger partial charge in [0.1, 0.15) is 0 Å². The average Bonchev–Trinajstić information content (AvgIpc) is 2.60. The molecule has 1 aliphatic carbocycles. The van der Waals surface area contributed by atoms with Crippen molar-refractivity contribution in [2.75, 3.05) is 20.2 Å². The summed E-state index contributed by atoms with van der Waals surface area (Å²) >= 11 is 0. The Morgan fingerprint density at radius 1 is 1.29 bits per heavy atom. The fourth-order valence-electron chi connectivity index (χ4n) is 4.32. The number of amides is 2. The fourth-order valence-corrected chi connectivity index (χ4v) is 4.32. The third kappa shape index (κ3) is 2.99. The van der Waals surface area contributed by atoms with E-state index in [-0.39, 0.29) is 11.4 Å². The number of ether oxygens (including phenoxy) is 1. The number of nitrogens with one attached hydrogen (secondary N) is 1. The third-order valence-electron chi connectivity index (χ3n) is 5.52. The van der Waals surface area contributed by atoms with Crippen molar-refractivity contribution < 1.29 is 14.3 Å². The number of alkyl carbamates (subject to hydrolysis) is 1. The van der Waals surface area contributed by atoms with Crippen molar-refractivity contribution in [3.8, 4) is 0 Å². The summed E-state index contributed by atoms with van der Waals surface area (Å²) in [5.74, 6) is 0.787. The Morgan fingerprint density at radius 3 is 2.79 bits per heavy atom. The lowest BCUT2D eigenvalue weighted by Crippen LogP contribution is -2.67. The van der Waals surface area contributed by atoms with Crippen LogP contribution < -0.4 is 5.32 Å². The van der Waals surface area contributed by atoms with Crippen LogP contribution in [-0.2, 0) is 15.1 Å². The van der Waals surface area contributed by atoms with E-state index in [9.17, 15) is 9.59 Å². The summed E-state index contributed by atoms with van der Waals surface area (Å²) in [5.41, 5.74) is 1.19. The van der Waals surface area contributed by atoms with Gasteiger partial charge in [0.05, 0.1) is 12.6 Å².